The maximum atomic E-state index is 11.7. The molecular weight excluding hydrogens is 304 g/mol. The van der Waals surface area contributed by atoms with Crippen LogP contribution in [0, 0.1) is 6.92 Å². The van der Waals surface area contributed by atoms with Crippen LogP contribution in [0.25, 0.3) is 0 Å². The molecule has 132 valence electrons. The number of carbonyl (C=O) groups is 1. The summed E-state index contributed by atoms with van der Waals surface area (Å²) >= 11 is 0. The van der Waals surface area contributed by atoms with Gasteiger partial charge in [-0.05, 0) is 32.9 Å². The van der Waals surface area contributed by atoms with E-state index in [9.17, 15) is 4.79 Å². The highest BCUT2D eigenvalue weighted by Crippen LogP contribution is 2.07. The van der Waals surface area contributed by atoms with Crippen LogP contribution in [0.4, 0.5) is 0 Å². The normalized spacial score (nSPS) is 14.8. The van der Waals surface area contributed by atoms with Gasteiger partial charge in [-0.3, -0.25) is 4.79 Å². The molecule has 3 heterocycles. The highest BCUT2D eigenvalue weighted by molar-refractivity contribution is 5.91. The van der Waals surface area contributed by atoms with Crippen molar-refractivity contribution in [1.29, 1.82) is 0 Å². The summed E-state index contributed by atoms with van der Waals surface area (Å²) in [6.07, 6.45) is 11.0. The summed E-state index contributed by atoms with van der Waals surface area (Å²) in [5.74, 6) is -0.0809. The van der Waals surface area contributed by atoms with Gasteiger partial charge in [-0.1, -0.05) is 6.42 Å². The molecule has 0 radical (unpaired) electrons. The Hall–Kier alpha value is -2.15. The number of imidazole rings is 2. The van der Waals surface area contributed by atoms with Gasteiger partial charge in [-0.25, -0.2) is 9.97 Å². The zero-order valence-electron chi connectivity index (χ0n) is 14.9. The fraction of sp³-hybridized carbons (Fsp3) is 0.588. The fourth-order valence-corrected chi connectivity index (χ4v) is 2.67. The molecule has 0 atom stereocenters. The lowest BCUT2D eigenvalue weighted by molar-refractivity contribution is 0.0942. The van der Waals surface area contributed by atoms with E-state index in [1.807, 2.05) is 31.8 Å². The Morgan fingerprint density at radius 3 is 2.25 bits per heavy atom. The van der Waals surface area contributed by atoms with Crippen molar-refractivity contribution in [3.8, 4) is 0 Å². The first-order valence-electron chi connectivity index (χ1n) is 8.47. The molecule has 0 bridgehead atoms. The number of likely N-dealkylation sites (tertiary alicyclic amines) is 1. The first-order valence-corrected chi connectivity index (χ1v) is 8.47. The summed E-state index contributed by atoms with van der Waals surface area (Å²) in [7, 11) is 3.82. The number of aryl methyl sites for hydroxylation is 3. The van der Waals surface area contributed by atoms with Crippen molar-refractivity contribution in [1.82, 2.24) is 29.3 Å². The van der Waals surface area contributed by atoms with Crippen LogP contribution in [0.5, 0.6) is 0 Å². The van der Waals surface area contributed by atoms with Gasteiger partial charge in [0.25, 0.3) is 5.91 Å². The number of carbonyl (C=O) groups excluding carboxylic acids is 1. The molecule has 0 aliphatic carbocycles. The summed E-state index contributed by atoms with van der Waals surface area (Å²) in [6, 6.07) is 0. The van der Waals surface area contributed by atoms with Gasteiger partial charge in [0.2, 0.25) is 0 Å². The number of nitrogens with one attached hydrogen (secondary N) is 1. The predicted molar refractivity (Wildman–Crippen MR) is 93.8 cm³/mol. The number of nitrogens with zero attached hydrogens (tertiary/aromatic N) is 5. The molecule has 0 aromatic carbocycles. The smallest absolute Gasteiger partial charge is 0.271 e. The molecule has 0 unspecified atom stereocenters. The standard InChI is InChI=1S/C12H20N4O.C5H8N2/c1-15-9-11(14-10-15)12(17)13-5-8-16-6-3-2-4-7-16;1-5-3-7(2)4-6-5/h9-10H,2-8H2,1H3,(H,13,17);3-4H,1-2H3. The topological polar surface area (TPSA) is 68.0 Å². The van der Waals surface area contributed by atoms with Crippen molar-refractivity contribution in [3.63, 3.8) is 0 Å². The first kappa shape index (κ1) is 18.2. The van der Waals surface area contributed by atoms with Crippen molar-refractivity contribution in [3.05, 3.63) is 36.4 Å². The second-order valence-electron chi connectivity index (χ2n) is 6.26. The molecule has 1 amide bonds. The Bertz CT molecular complexity index is 610. The van der Waals surface area contributed by atoms with Crippen LogP contribution in [0.3, 0.4) is 0 Å². The number of piperidine rings is 1. The average molecular weight is 332 g/mol. The van der Waals surface area contributed by atoms with Gasteiger partial charge >= 0.3 is 0 Å². The molecule has 1 aliphatic rings. The minimum absolute atomic E-state index is 0.0809. The highest BCUT2D eigenvalue weighted by atomic mass is 16.1. The van der Waals surface area contributed by atoms with Gasteiger partial charge in [0.1, 0.15) is 5.69 Å². The fourth-order valence-electron chi connectivity index (χ4n) is 2.67. The van der Waals surface area contributed by atoms with E-state index in [0.717, 1.165) is 12.2 Å². The lowest BCUT2D eigenvalue weighted by Crippen LogP contribution is -2.37. The van der Waals surface area contributed by atoms with E-state index in [1.54, 1.807) is 23.4 Å². The minimum Gasteiger partial charge on any atom is -0.349 e. The van der Waals surface area contributed by atoms with Gasteiger partial charge < -0.3 is 19.4 Å². The monoisotopic (exact) mass is 332 g/mol. The third kappa shape index (κ3) is 6.16. The lowest BCUT2D eigenvalue weighted by Gasteiger charge is -2.26. The van der Waals surface area contributed by atoms with Crippen LogP contribution in [0.15, 0.2) is 25.0 Å². The molecule has 7 nitrogen and oxygen atoms in total. The average Bonchev–Trinajstić information content (AvgIpc) is 3.17. The van der Waals surface area contributed by atoms with Gasteiger partial charge in [0, 0.05) is 39.6 Å². The summed E-state index contributed by atoms with van der Waals surface area (Å²) in [6.45, 7) is 5.95. The zero-order valence-corrected chi connectivity index (χ0v) is 14.9. The molecule has 0 saturated carbocycles. The predicted octanol–water partition coefficient (Wildman–Crippen LogP) is 1.36. The Balaban J connectivity index is 0.000000249. The molecule has 1 aliphatic heterocycles. The summed E-state index contributed by atoms with van der Waals surface area (Å²) in [5, 5.41) is 2.90. The van der Waals surface area contributed by atoms with Crippen molar-refractivity contribution in [2.24, 2.45) is 14.1 Å². The second-order valence-corrected chi connectivity index (χ2v) is 6.26. The Morgan fingerprint density at radius 1 is 1.08 bits per heavy atom. The molecule has 1 N–H and O–H groups in total. The number of hydrogen-bond donors (Lipinski definition) is 1. The van der Waals surface area contributed by atoms with Crippen LogP contribution < -0.4 is 5.32 Å². The minimum atomic E-state index is -0.0809. The van der Waals surface area contributed by atoms with E-state index in [4.69, 9.17) is 0 Å². The van der Waals surface area contributed by atoms with E-state index < -0.39 is 0 Å². The third-order valence-corrected chi connectivity index (χ3v) is 3.93. The molecular formula is C17H28N6O. The highest BCUT2D eigenvalue weighted by Gasteiger charge is 2.11. The molecule has 7 heteroatoms. The molecule has 3 rings (SSSR count). The van der Waals surface area contributed by atoms with E-state index in [0.29, 0.717) is 12.2 Å². The third-order valence-electron chi connectivity index (χ3n) is 3.93. The molecule has 1 fully saturated rings. The lowest BCUT2D eigenvalue weighted by atomic mass is 10.1. The van der Waals surface area contributed by atoms with E-state index in [1.165, 1.54) is 32.4 Å². The summed E-state index contributed by atoms with van der Waals surface area (Å²) in [5.41, 5.74) is 1.56. The van der Waals surface area contributed by atoms with Gasteiger partial charge in [0.05, 0.1) is 18.3 Å². The van der Waals surface area contributed by atoms with Crippen LogP contribution in [-0.4, -0.2) is 56.1 Å². The van der Waals surface area contributed by atoms with E-state index in [2.05, 4.69) is 20.2 Å². The first-order chi connectivity index (χ1) is 11.5. The quantitative estimate of drug-likeness (QED) is 0.918. The Morgan fingerprint density at radius 2 is 1.75 bits per heavy atom. The largest absolute Gasteiger partial charge is 0.349 e. The Kier molecular flexibility index (Phi) is 6.99. The molecule has 0 spiro atoms. The van der Waals surface area contributed by atoms with Crippen molar-refractivity contribution in [2.45, 2.75) is 26.2 Å². The van der Waals surface area contributed by atoms with E-state index in [-0.39, 0.29) is 5.91 Å². The van der Waals surface area contributed by atoms with Crippen molar-refractivity contribution in [2.75, 3.05) is 26.2 Å². The molecule has 1 saturated heterocycles. The van der Waals surface area contributed by atoms with Crippen LogP contribution in [-0.2, 0) is 14.1 Å². The number of hydrogen-bond acceptors (Lipinski definition) is 4. The van der Waals surface area contributed by atoms with Crippen LogP contribution in [0.2, 0.25) is 0 Å². The summed E-state index contributed by atoms with van der Waals surface area (Å²) < 4.78 is 3.70. The van der Waals surface area contributed by atoms with Crippen molar-refractivity contribution >= 4 is 5.91 Å². The maximum absolute atomic E-state index is 11.7. The van der Waals surface area contributed by atoms with Gasteiger partial charge in [-0.2, -0.15) is 0 Å². The van der Waals surface area contributed by atoms with E-state index >= 15 is 0 Å². The number of aromatic nitrogens is 4. The maximum Gasteiger partial charge on any atom is 0.271 e. The molecule has 24 heavy (non-hydrogen) atoms. The zero-order chi connectivity index (χ0) is 17.4. The number of amides is 1. The van der Waals surface area contributed by atoms with Crippen LogP contribution >= 0.6 is 0 Å². The SMILES string of the molecule is Cc1cn(C)cn1.Cn1cnc(C(=O)NCCN2CCCCC2)c1. The Labute approximate surface area is 143 Å². The van der Waals surface area contributed by atoms with Gasteiger partial charge in [0.15, 0.2) is 0 Å². The molecule has 2 aromatic rings. The van der Waals surface area contributed by atoms with Gasteiger partial charge in [-0.15, -0.1) is 0 Å². The summed E-state index contributed by atoms with van der Waals surface area (Å²) in [4.78, 5) is 22.1. The van der Waals surface area contributed by atoms with Crippen molar-refractivity contribution < 1.29 is 4.79 Å². The molecule has 2 aromatic heterocycles. The number of rotatable bonds is 4. The van der Waals surface area contributed by atoms with Crippen LogP contribution in [0.1, 0.15) is 35.4 Å². The second kappa shape index (κ2) is 9.22.